The monoisotopic (exact) mass is 260 g/mol. The standard InChI is InChI=1S/C12H24N2O2S/c1-11(2)14(8-6-7-13)9-10-17(15,16)12(3,4)5/h11H,6,8-10H2,1-5H3. The number of hydrogen-bond acceptors (Lipinski definition) is 4. The van der Waals surface area contributed by atoms with Crippen LogP contribution in [-0.2, 0) is 9.84 Å². The van der Waals surface area contributed by atoms with E-state index in [0.29, 0.717) is 19.5 Å². The van der Waals surface area contributed by atoms with Crippen LogP contribution in [0.5, 0.6) is 0 Å². The van der Waals surface area contributed by atoms with Gasteiger partial charge in [0, 0.05) is 25.6 Å². The molecule has 0 unspecified atom stereocenters. The lowest BCUT2D eigenvalue weighted by Gasteiger charge is -2.27. The summed E-state index contributed by atoms with van der Waals surface area (Å²) in [4.78, 5) is 2.03. The minimum atomic E-state index is -3.08. The zero-order chi connectivity index (χ0) is 13.7. The molecular formula is C12H24N2O2S. The van der Waals surface area contributed by atoms with Crippen LogP contribution in [-0.4, -0.2) is 42.9 Å². The molecule has 0 aliphatic rings. The van der Waals surface area contributed by atoms with Crippen molar-refractivity contribution in [1.82, 2.24) is 4.90 Å². The van der Waals surface area contributed by atoms with E-state index < -0.39 is 14.6 Å². The summed E-state index contributed by atoms with van der Waals surface area (Å²) in [6.07, 6.45) is 0.438. The van der Waals surface area contributed by atoms with Crippen LogP contribution in [0, 0.1) is 11.3 Å². The van der Waals surface area contributed by atoms with Crippen molar-refractivity contribution in [2.75, 3.05) is 18.8 Å². The lowest BCUT2D eigenvalue weighted by atomic mass is 10.3. The molecule has 100 valence electrons. The smallest absolute Gasteiger partial charge is 0.156 e. The highest BCUT2D eigenvalue weighted by Crippen LogP contribution is 2.16. The topological polar surface area (TPSA) is 61.2 Å². The number of sulfone groups is 1. The van der Waals surface area contributed by atoms with E-state index in [-0.39, 0.29) is 11.8 Å². The zero-order valence-corrected chi connectivity index (χ0v) is 12.3. The molecule has 0 radical (unpaired) electrons. The Balaban J connectivity index is 4.47. The van der Waals surface area contributed by atoms with Gasteiger partial charge in [-0.2, -0.15) is 5.26 Å². The first kappa shape index (κ1) is 16.4. The Hall–Kier alpha value is -0.600. The average molecular weight is 260 g/mol. The van der Waals surface area contributed by atoms with Gasteiger partial charge in [0.05, 0.1) is 16.6 Å². The predicted octanol–water partition coefficient (Wildman–Crippen LogP) is 1.82. The van der Waals surface area contributed by atoms with Crippen molar-refractivity contribution in [2.24, 2.45) is 0 Å². The molecule has 0 saturated heterocycles. The van der Waals surface area contributed by atoms with Crippen LogP contribution in [0.2, 0.25) is 0 Å². The Labute approximate surface area is 106 Å². The summed E-state index contributed by atoms with van der Waals surface area (Å²) in [5.41, 5.74) is 0. The molecule has 0 N–H and O–H groups in total. The van der Waals surface area contributed by atoms with E-state index >= 15 is 0 Å². The number of rotatable bonds is 6. The van der Waals surface area contributed by atoms with Crippen LogP contribution in [0.1, 0.15) is 41.0 Å². The van der Waals surface area contributed by atoms with E-state index in [9.17, 15) is 8.42 Å². The summed E-state index contributed by atoms with van der Waals surface area (Å²) < 4.78 is 23.2. The van der Waals surface area contributed by atoms with Crippen molar-refractivity contribution in [3.63, 3.8) is 0 Å². The Morgan fingerprint density at radius 2 is 1.76 bits per heavy atom. The molecule has 0 atom stereocenters. The quantitative estimate of drug-likeness (QED) is 0.731. The van der Waals surface area contributed by atoms with Gasteiger partial charge in [-0.1, -0.05) is 0 Å². The average Bonchev–Trinajstić information content (AvgIpc) is 2.15. The Bertz CT molecular complexity index is 361. The lowest BCUT2D eigenvalue weighted by molar-refractivity contribution is 0.239. The molecule has 0 aromatic rings. The molecule has 0 aromatic heterocycles. The van der Waals surface area contributed by atoms with Crippen molar-refractivity contribution < 1.29 is 8.42 Å². The largest absolute Gasteiger partial charge is 0.299 e. The highest BCUT2D eigenvalue weighted by molar-refractivity contribution is 7.92. The molecule has 0 heterocycles. The van der Waals surface area contributed by atoms with Crippen LogP contribution in [0.25, 0.3) is 0 Å². The molecule has 0 aromatic carbocycles. The third kappa shape index (κ3) is 5.51. The fraction of sp³-hybridized carbons (Fsp3) is 0.917. The minimum absolute atomic E-state index is 0.153. The first-order chi connectivity index (χ1) is 7.62. The van der Waals surface area contributed by atoms with Gasteiger partial charge in [0.25, 0.3) is 0 Å². The normalized spacial score (nSPS) is 13.1. The molecule has 0 amide bonds. The molecule has 17 heavy (non-hydrogen) atoms. The molecule has 5 heteroatoms. The third-order valence-electron chi connectivity index (χ3n) is 2.82. The molecule has 0 aliphatic carbocycles. The van der Waals surface area contributed by atoms with Crippen molar-refractivity contribution in [1.29, 1.82) is 5.26 Å². The first-order valence-corrected chi connectivity index (χ1v) is 7.60. The second-order valence-electron chi connectivity index (χ2n) is 5.47. The fourth-order valence-electron chi connectivity index (χ4n) is 1.37. The van der Waals surface area contributed by atoms with Crippen molar-refractivity contribution in [2.45, 2.75) is 51.8 Å². The van der Waals surface area contributed by atoms with Gasteiger partial charge < -0.3 is 0 Å². The Kier molecular flexibility index (Phi) is 6.14. The maximum absolute atomic E-state index is 12.0. The number of nitrogens with zero attached hydrogens (tertiary/aromatic N) is 2. The maximum Gasteiger partial charge on any atom is 0.156 e. The van der Waals surface area contributed by atoms with Gasteiger partial charge in [0.2, 0.25) is 0 Å². The van der Waals surface area contributed by atoms with Crippen molar-refractivity contribution >= 4 is 9.84 Å². The Morgan fingerprint density at radius 1 is 1.24 bits per heavy atom. The summed E-state index contributed by atoms with van der Waals surface area (Å²) >= 11 is 0. The lowest BCUT2D eigenvalue weighted by Crippen LogP contribution is -2.39. The predicted molar refractivity (Wildman–Crippen MR) is 70.5 cm³/mol. The molecule has 0 saturated carbocycles. The van der Waals surface area contributed by atoms with Crippen LogP contribution >= 0.6 is 0 Å². The summed E-state index contributed by atoms with van der Waals surface area (Å²) in [5, 5.41) is 8.56. The summed E-state index contributed by atoms with van der Waals surface area (Å²) in [6.45, 7) is 10.3. The van der Waals surface area contributed by atoms with Gasteiger partial charge in [-0.25, -0.2) is 8.42 Å². The number of hydrogen-bond donors (Lipinski definition) is 0. The van der Waals surface area contributed by atoms with Gasteiger partial charge in [-0.05, 0) is 34.6 Å². The first-order valence-electron chi connectivity index (χ1n) is 5.95. The van der Waals surface area contributed by atoms with Crippen LogP contribution in [0.4, 0.5) is 0 Å². The van der Waals surface area contributed by atoms with Crippen LogP contribution in [0.3, 0.4) is 0 Å². The van der Waals surface area contributed by atoms with Crippen molar-refractivity contribution in [3.8, 4) is 6.07 Å². The van der Waals surface area contributed by atoms with Crippen molar-refractivity contribution in [3.05, 3.63) is 0 Å². The van der Waals surface area contributed by atoms with E-state index in [2.05, 4.69) is 6.07 Å². The van der Waals surface area contributed by atoms with Gasteiger partial charge in [-0.3, -0.25) is 4.90 Å². The molecular weight excluding hydrogens is 236 g/mol. The van der Waals surface area contributed by atoms with E-state index in [4.69, 9.17) is 5.26 Å². The molecule has 0 bridgehead atoms. The Morgan fingerprint density at radius 3 is 2.12 bits per heavy atom. The fourth-order valence-corrected chi connectivity index (χ4v) is 2.45. The second-order valence-corrected chi connectivity index (χ2v) is 8.33. The van der Waals surface area contributed by atoms with Gasteiger partial charge in [0.15, 0.2) is 9.84 Å². The summed E-state index contributed by atoms with van der Waals surface area (Å²) in [7, 11) is -3.08. The maximum atomic E-state index is 12.0. The van der Waals surface area contributed by atoms with Crippen LogP contribution < -0.4 is 0 Å². The van der Waals surface area contributed by atoms with Gasteiger partial charge >= 0.3 is 0 Å². The highest BCUT2D eigenvalue weighted by atomic mass is 32.2. The number of nitriles is 1. The van der Waals surface area contributed by atoms with E-state index in [1.807, 2.05) is 18.7 Å². The molecule has 4 nitrogen and oxygen atoms in total. The van der Waals surface area contributed by atoms with Gasteiger partial charge in [-0.15, -0.1) is 0 Å². The summed E-state index contributed by atoms with van der Waals surface area (Å²) in [5.74, 6) is 0.153. The third-order valence-corrected chi connectivity index (χ3v) is 5.41. The second kappa shape index (κ2) is 6.36. The zero-order valence-electron chi connectivity index (χ0n) is 11.5. The molecule has 0 fully saturated rings. The SMILES string of the molecule is CC(C)N(CCC#N)CCS(=O)(=O)C(C)(C)C. The highest BCUT2D eigenvalue weighted by Gasteiger charge is 2.29. The summed E-state index contributed by atoms with van der Waals surface area (Å²) in [6, 6.07) is 2.35. The molecule has 0 aliphatic heterocycles. The van der Waals surface area contributed by atoms with E-state index in [0.717, 1.165) is 0 Å². The van der Waals surface area contributed by atoms with Crippen LogP contribution in [0.15, 0.2) is 0 Å². The van der Waals surface area contributed by atoms with E-state index in [1.165, 1.54) is 0 Å². The van der Waals surface area contributed by atoms with Gasteiger partial charge in [0.1, 0.15) is 0 Å². The molecule has 0 rings (SSSR count). The van der Waals surface area contributed by atoms with E-state index in [1.54, 1.807) is 20.8 Å². The molecule has 0 spiro atoms. The minimum Gasteiger partial charge on any atom is -0.299 e.